The summed E-state index contributed by atoms with van der Waals surface area (Å²) in [5, 5.41) is 8.58. The number of amides is 8. The predicted octanol–water partition coefficient (Wildman–Crippen LogP) is 6.31. The molecule has 12 rings (SSSR count). The molecule has 4 aromatic carbocycles. The molecule has 6 aromatic rings. The van der Waals surface area contributed by atoms with Crippen LogP contribution in [-0.2, 0) is 19.1 Å². The largest absolute Gasteiger partial charge is 0.378 e. The lowest BCUT2D eigenvalue weighted by molar-refractivity contribution is -0.134. The number of piperazine rings is 2. The molecule has 6 aliphatic rings. The molecule has 8 heterocycles. The highest BCUT2D eigenvalue weighted by atomic mass is 16.5. The summed E-state index contributed by atoms with van der Waals surface area (Å²) in [5.74, 6) is 2.48. The summed E-state index contributed by atoms with van der Waals surface area (Å²) in [6, 6.07) is 26.0. The Kier molecular flexibility index (Phi) is 22.3. The normalized spacial score (nSPS) is 17.7. The highest BCUT2D eigenvalue weighted by Gasteiger charge is 2.34. The predicted molar refractivity (Wildman–Crippen MR) is 380 cm³/mol. The molecule has 0 aliphatic carbocycles. The maximum absolute atomic E-state index is 15.7. The molecule has 99 heavy (non-hydrogen) atoms. The van der Waals surface area contributed by atoms with Gasteiger partial charge in [-0.3, -0.25) is 19.2 Å². The third-order valence-corrected chi connectivity index (χ3v) is 19.0. The van der Waals surface area contributed by atoms with Crippen LogP contribution >= 0.6 is 0 Å². The van der Waals surface area contributed by atoms with Crippen molar-refractivity contribution in [3.63, 3.8) is 0 Å². The number of hydrogen-bond acceptors (Lipinski definition) is 20. The first-order valence-corrected chi connectivity index (χ1v) is 34.9. The second-order valence-corrected chi connectivity index (χ2v) is 26.4. The van der Waals surface area contributed by atoms with E-state index in [2.05, 4.69) is 47.0 Å². The zero-order valence-electron chi connectivity index (χ0n) is 57.8. The summed E-state index contributed by atoms with van der Waals surface area (Å²) in [7, 11) is 2.03. The molecule has 28 heteroatoms. The van der Waals surface area contributed by atoms with E-state index in [4.69, 9.17) is 39.4 Å². The molecule has 0 atom stereocenters. The number of nitrogens with zero attached hydrogens (tertiary/aromatic N) is 18. The maximum atomic E-state index is 15.7. The van der Waals surface area contributed by atoms with Crippen LogP contribution in [0.3, 0.4) is 0 Å². The molecular weight excluding hydrogens is 1260 g/mol. The Morgan fingerprint density at radius 3 is 1.14 bits per heavy atom. The fourth-order valence-corrected chi connectivity index (χ4v) is 13.0. The molecule has 6 saturated heterocycles. The van der Waals surface area contributed by atoms with E-state index in [-0.39, 0.29) is 46.8 Å². The highest BCUT2D eigenvalue weighted by Crippen LogP contribution is 2.32. The van der Waals surface area contributed by atoms with Gasteiger partial charge in [-0.05, 0) is 123 Å². The summed E-state index contributed by atoms with van der Waals surface area (Å²) >= 11 is 0. The molecule has 28 nitrogen and oxygen atoms in total. The average Bonchev–Trinajstić information content (AvgIpc) is 0.857. The van der Waals surface area contributed by atoms with Crippen molar-refractivity contribution < 1.29 is 38.2 Å². The topological polar surface area (TPSA) is 261 Å². The molecule has 6 aliphatic heterocycles. The Labute approximate surface area is 578 Å². The fourth-order valence-electron chi connectivity index (χ4n) is 13.0. The van der Waals surface area contributed by atoms with E-state index in [1.165, 1.54) is 10.0 Å². The van der Waals surface area contributed by atoms with Gasteiger partial charge in [0.15, 0.2) is 11.6 Å². The number of benzene rings is 4. The average molecular weight is 1350 g/mol. The molecule has 2 N–H and O–H groups in total. The SMILES string of the molecule is CCN1CCN(C(=O)c2ccc(N(C(=O)Nc3ccc(-c4nc(N5CCOCC5)nc(N5CCCN(C(=O)C(C)C)CC5)n4)cc3)N(C(=O)Nc3ccc(C(=O)N4CCN(C)CC4)cc3)c3ccc(-c4nc(N5CCOCC5)nc(N5CCCN(C(=O)C(C)C)CC5)n4)cc3)cc2)CC1. The maximum Gasteiger partial charge on any atom is 0.345 e. The van der Waals surface area contributed by atoms with Crippen molar-refractivity contribution in [3.05, 3.63) is 108 Å². The number of nitrogens with one attached hydrogen (secondary N) is 2. The second-order valence-electron chi connectivity index (χ2n) is 26.4. The molecule has 0 radical (unpaired) electrons. The van der Waals surface area contributed by atoms with Crippen LogP contribution < -0.4 is 40.3 Å². The minimum absolute atomic E-state index is 0.106. The van der Waals surface area contributed by atoms with E-state index in [1.54, 1.807) is 84.9 Å². The van der Waals surface area contributed by atoms with Crippen LogP contribution in [0.15, 0.2) is 97.1 Å². The number of rotatable bonds is 15. The number of carbonyl (C=O) groups excluding carboxylic acids is 6. The van der Waals surface area contributed by atoms with Gasteiger partial charge < -0.3 is 69.1 Å². The molecule has 2 aromatic heterocycles. The third kappa shape index (κ3) is 16.7. The third-order valence-electron chi connectivity index (χ3n) is 19.0. The zero-order valence-corrected chi connectivity index (χ0v) is 57.8. The van der Waals surface area contributed by atoms with Crippen LogP contribution in [-0.4, -0.2) is 266 Å². The van der Waals surface area contributed by atoms with Crippen molar-refractivity contribution in [2.75, 3.05) is 211 Å². The number of morpholine rings is 2. The minimum Gasteiger partial charge on any atom is -0.378 e. The van der Waals surface area contributed by atoms with E-state index >= 15 is 9.59 Å². The van der Waals surface area contributed by atoms with Crippen molar-refractivity contribution in [2.24, 2.45) is 11.8 Å². The summed E-state index contributed by atoms with van der Waals surface area (Å²) < 4.78 is 11.4. The Hall–Kier alpha value is -9.64. The van der Waals surface area contributed by atoms with Gasteiger partial charge in [-0.2, -0.15) is 39.9 Å². The van der Waals surface area contributed by atoms with Crippen LogP contribution in [0.5, 0.6) is 0 Å². The van der Waals surface area contributed by atoms with Crippen LogP contribution in [0, 0.1) is 11.8 Å². The first-order valence-electron chi connectivity index (χ1n) is 34.9. The van der Waals surface area contributed by atoms with Crippen LogP contribution in [0.2, 0.25) is 0 Å². The lowest BCUT2D eigenvalue weighted by Crippen LogP contribution is -2.54. The number of hydrogen-bond donors (Lipinski definition) is 2. The van der Waals surface area contributed by atoms with E-state index in [0.29, 0.717) is 200 Å². The lowest BCUT2D eigenvalue weighted by atomic mass is 10.1. The fraction of sp³-hybridized carbons (Fsp3) is 0.493. The van der Waals surface area contributed by atoms with Gasteiger partial charge in [0.05, 0.1) is 37.8 Å². The highest BCUT2D eigenvalue weighted by molar-refractivity contribution is 6.13. The first-order chi connectivity index (χ1) is 48.0. The van der Waals surface area contributed by atoms with Crippen LogP contribution in [0.1, 0.15) is 68.2 Å². The Morgan fingerprint density at radius 1 is 0.404 bits per heavy atom. The molecule has 0 spiro atoms. The molecule has 6 fully saturated rings. The number of carbonyl (C=O) groups is 6. The first kappa shape index (κ1) is 69.3. The quantitative estimate of drug-likeness (QED) is 0.107. The molecular formula is C71H92N20O8. The van der Waals surface area contributed by atoms with Crippen LogP contribution in [0.4, 0.5) is 56.1 Å². The zero-order chi connectivity index (χ0) is 69.1. The monoisotopic (exact) mass is 1350 g/mol. The van der Waals surface area contributed by atoms with E-state index in [1.807, 2.05) is 66.5 Å². The smallest absolute Gasteiger partial charge is 0.345 e. The molecule has 8 amide bonds. The summed E-state index contributed by atoms with van der Waals surface area (Å²) in [6.07, 6.45) is 1.47. The summed E-state index contributed by atoms with van der Waals surface area (Å²) in [4.78, 5) is 136. The van der Waals surface area contributed by atoms with Gasteiger partial charge in [0.1, 0.15) is 0 Å². The van der Waals surface area contributed by atoms with Crippen molar-refractivity contribution in [1.29, 1.82) is 0 Å². The minimum atomic E-state index is -0.742. The van der Waals surface area contributed by atoms with Crippen molar-refractivity contribution in [1.82, 2.24) is 59.3 Å². The van der Waals surface area contributed by atoms with E-state index < -0.39 is 12.1 Å². The Bertz CT molecular complexity index is 3780. The molecule has 524 valence electrons. The van der Waals surface area contributed by atoms with Gasteiger partial charge in [-0.15, -0.1) is 0 Å². The van der Waals surface area contributed by atoms with Gasteiger partial charge in [-0.1, -0.05) is 34.6 Å². The van der Waals surface area contributed by atoms with Crippen molar-refractivity contribution in [3.8, 4) is 22.8 Å². The summed E-state index contributed by atoms with van der Waals surface area (Å²) in [6.45, 7) is 25.1. The Balaban J connectivity index is 0.898. The number of ether oxygens (including phenoxy) is 2. The second kappa shape index (κ2) is 31.9. The lowest BCUT2D eigenvalue weighted by Gasteiger charge is -2.35. The van der Waals surface area contributed by atoms with E-state index in [0.717, 1.165) is 45.6 Å². The van der Waals surface area contributed by atoms with Crippen LogP contribution in [0.25, 0.3) is 22.8 Å². The van der Waals surface area contributed by atoms with Gasteiger partial charge in [-0.25, -0.2) is 9.59 Å². The van der Waals surface area contributed by atoms with E-state index in [9.17, 15) is 19.2 Å². The van der Waals surface area contributed by atoms with Gasteiger partial charge in [0.25, 0.3) is 11.8 Å². The number of anilines is 8. The van der Waals surface area contributed by atoms with Gasteiger partial charge in [0.2, 0.25) is 35.6 Å². The number of aromatic nitrogens is 6. The van der Waals surface area contributed by atoms with Crippen molar-refractivity contribution >= 4 is 82.2 Å². The number of hydrazine groups is 1. The number of urea groups is 2. The standard InChI is InChI=1S/C71H92N20O8/c1-7-81-32-36-85(37-33-81)65(95)55-16-24-59(25-17-55)91(70(96)72-56-18-10-52(11-19-56)60-74-66(78-68(76-60)88-42-46-98-47-43-88)86-28-8-26-82(38-40-86)62(92)50(2)3)90(71(97)73-57-20-12-54(13-21-57)64(94)84-34-30-80(6)31-35-84)58-22-14-53(15-23-58)61-75-67(79-69(77-61)89-44-48-99-49-45-89)87-29-9-27-83(39-41-87)63(93)51(4)5/h10-25,50-51H,7-9,26-49H2,1-6H3,(H,72,96)(H,73,97). The molecule has 0 saturated carbocycles. The summed E-state index contributed by atoms with van der Waals surface area (Å²) in [5.41, 5.74) is 3.36. The number of likely N-dealkylation sites (N-methyl/N-ethyl adjacent to an activating group) is 2. The molecule has 0 unspecified atom stereocenters. The van der Waals surface area contributed by atoms with Crippen molar-refractivity contribution in [2.45, 2.75) is 47.5 Å². The van der Waals surface area contributed by atoms with Gasteiger partial charge >= 0.3 is 12.1 Å². The van der Waals surface area contributed by atoms with Gasteiger partial charge in [0, 0.05) is 176 Å². The molecule has 0 bridgehead atoms. The Morgan fingerprint density at radius 2 is 0.747 bits per heavy atom.